The normalized spacial score (nSPS) is 38.5. The van der Waals surface area contributed by atoms with E-state index in [2.05, 4.69) is 24.0 Å². The SMILES string of the molecule is CC[C@@H]1OC(=O)[C@H](C)[C@H]2OCC(=NOCc3cccc(-c4cccnc4Cl)n3)CO[C@](C)(C[C@@H](C)C3=NCCN4C(=O)O[C@@]1(C)[C@H]4[C@H]3C)[C@@H](O[C@H]1O[C@@H](C)C[C@@H](N(C)C)[C@@H]1O)[C@@H]2C. The Balaban J connectivity index is 1.28. The van der Waals surface area contributed by atoms with Crippen LogP contribution in [0.1, 0.15) is 80.3 Å². The van der Waals surface area contributed by atoms with Gasteiger partial charge < -0.3 is 43.3 Å². The molecule has 0 radical (unpaired) electrons. The molecule has 4 saturated heterocycles. The number of cyclic esters (lactones) is 1. The first-order valence-electron chi connectivity index (χ1n) is 22.4. The number of rotatable bonds is 8. The fraction of sp³-hybridized carbons (Fsp3) is 0.696. The standard InChI is InChI=1S/C46H65ClN6O10/c1-11-35-46(8)39-27(4)36(48-18-19-53(39)44(56)63-46)25(2)21-45(7)40(62-43-37(54)34(52(9)10)20-26(3)60-43)28(5)38(29(6)42(55)61-35)57-22-31(23-58-45)51-59-24-30-14-12-16-33(50-30)32-15-13-17-49-41(32)47/h12-17,25-29,34-35,37-40,43,54H,11,18-24H2,1-10H3/t25-,26+,27+,28-,29-,34-,35+,37+,38+,39-,40+,43-,45-,46-/m1/s1. The zero-order valence-electron chi connectivity index (χ0n) is 38.2. The van der Waals surface area contributed by atoms with Gasteiger partial charge in [0.05, 0.1) is 67.0 Å². The van der Waals surface area contributed by atoms with E-state index >= 15 is 0 Å². The van der Waals surface area contributed by atoms with Gasteiger partial charge in [0.25, 0.3) is 0 Å². The van der Waals surface area contributed by atoms with Gasteiger partial charge in [-0.15, -0.1) is 0 Å². The number of pyridine rings is 2. The Morgan fingerprint density at radius 3 is 2.57 bits per heavy atom. The van der Waals surface area contributed by atoms with Gasteiger partial charge in [0, 0.05) is 41.9 Å². The van der Waals surface area contributed by atoms with Gasteiger partial charge in [0.1, 0.15) is 23.1 Å². The molecule has 346 valence electrons. The number of hydrogen-bond donors (Lipinski definition) is 1. The predicted octanol–water partition coefficient (Wildman–Crippen LogP) is 5.96. The van der Waals surface area contributed by atoms with Gasteiger partial charge >= 0.3 is 12.1 Å². The molecule has 17 heteroatoms. The molecule has 0 aliphatic carbocycles. The lowest BCUT2D eigenvalue weighted by Crippen LogP contribution is -2.60. The summed E-state index contributed by atoms with van der Waals surface area (Å²) in [5, 5.41) is 16.7. The molecule has 5 aliphatic rings. The summed E-state index contributed by atoms with van der Waals surface area (Å²) in [6.07, 6.45) is -2.00. The van der Waals surface area contributed by atoms with Crippen molar-refractivity contribution in [2.45, 2.75) is 141 Å². The third-order valence-corrected chi connectivity index (χ3v) is 14.1. The summed E-state index contributed by atoms with van der Waals surface area (Å²) in [6.45, 7) is 16.5. The number of amides is 1. The molecule has 63 heavy (non-hydrogen) atoms. The molecule has 7 rings (SSSR count). The van der Waals surface area contributed by atoms with Crippen LogP contribution < -0.4 is 0 Å². The summed E-state index contributed by atoms with van der Waals surface area (Å²) in [5.74, 6) is -2.36. The van der Waals surface area contributed by atoms with E-state index in [0.29, 0.717) is 60.2 Å². The van der Waals surface area contributed by atoms with Gasteiger partial charge in [-0.1, -0.05) is 50.5 Å². The van der Waals surface area contributed by atoms with Crippen LogP contribution in [0, 0.1) is 23.7 Å². The third-order valence-electron chi connectivity index (χ3n) is 13.8. The second kappa shape index (κ2) is 19.4. The molecule has 0 spiro atoms. The molecule has 2 aromatic rings. The fourth-order valence-corrected chi connectivity index (χ4v) is 10.9. The Morgan fingerprint density at radius 2 is 1.84 bits per heavy atom. The highest BCUT2D eigenvalue weighted by molar-refractivity contribution is 6.32. The Hall–Kier alpha value is -3.77. The maximum atomic E-state index is 14.6. The number of hydrogen-bond acceptors (Lipinski definition) is 15. The van der Waals surface area contributed by atoms with E-state index < -0.39 is 71.8 Å². The molecule has 0 unspecified atom stereocenters. The highest BCUT2D eigenvalue weighted by atomic mass is 35.5. The fourth-order valence-electron chi connectivity index (χ4n) is 10.7. The minimum atomic E-state index is -1.15. The van der Waals surface area contributed by atoms with Crippen molar-refractivity contribution in [2.24, 2.45) is 33.8 Å². The number of likely N-dealkylation sites (N-methyl/N-ethyl adjacent to an activating group) is 1. The molecule has 0 aromatic carbocycles. The average Bonchev–Trinajstić information content (AvgIpc) is 3.39. The van der Waals surface area contributed by atoms with Crippen molar-refractivity contribution < 1.29 is 48.0 Å². The Bertz CT molecular complexity index is 2020. The van der Waals surface area contributed by atoms with Crippen molar-refractivity contribution in [2.75, 3.05) is 40.4 Å². The zero-order valence-corrected chi connectivity index (χ0v) is 39.0. The molecule has 16 nitrogen and oxygen atoms in total. The second-order valence-corrected chi connectivity index (χ2v) is 19.0. The maximum Gasteiger partial charge on any atom is 0.410 e. The summed E-state index contributed by atoms with van der Waals surface area (Å²) in [7, 11) is 3.86. The number of carbonyl (C=O) groups excluding carboxylic acids is 2. The van der Waals surface area contributed by atoms with Crippen LogP contribution in [0.25, 0.3) is 11.3 Å². The number of aliphatic hydroxyl groups excluding tert-OH is 1. The molecule has 4 bridgehead atoms. The van der Waals surface area contributed by atoms with E-state index in [1.165, 1.54) is 0 Å². The van der Waals surface area contributed by atoms with Crippen LogP contribution in [0.3, 0.4) is 0 Å². The van der Waals surface area contributed by atoms with Gasteiger partial charge in [-0.25, -0.2) is 14.8 Å². The summed E-state index contributed by atoms with van der Waals surface area (Å²) in [6, 6.07) is 8.52. The van der Waals surface area contributed by atoms with Crippen LogP contribution in [0.4, 0.5) is 4.79 Å². The third kappa shape index (κ3) is 9.64. The second-order valence-electron chi connectivity index (χ2n) is 18.7. The van der Waals surface area contributed by atoms with Crippen LogP contribution in [0.5, 0.6) is 0 Å². The zero-order chi connectivity index (χ0) is 45.4. The predicted molar refractivity (Wildman–Crippen MR) is 235 cm³/mol. The molecule has 1 amide bonds. The smallest absolute Gasteiger partial charge is 0.410 e. The topological polar surface area (TPSA) is 176 Å². The lowest BCUT2D eigenvalue weighted by Gasteiger charge is -2.48. The monoisotopic (exact) mass is 896 g/mol. The van der Waals surface area contributed by atoms with Gasteiger partial charge in [-0.05, 0) is 91.2 Å². The van der Waals surface area contributed by atoms with Crippen LogP contribution >= 0.6 is 11.6 Å². The van der Waals surface area contributed by atoms with Crippen LogP contribution in [-0.2, 0) is 44.7 Å². The van der Waals surface area contributed by atoms with Crippen LogP contribution in [-0.4, -0.2) is 149 Å². The number of fused-ring (bicyclic) bond motifs is 4. The van der Waals surface area contributed by atoms with Crippen molar-refractivity contribution in [1.29, 1.82) is 0 Å². The first kappa shape index (κ1) is 47.2. The highest BCUT2D eigenvalue weighted by Crippen LogP contribution is 2.45. The molecule has 1 N–H and O–H groups in total. The largest absolute Gasteiger partial charge is 0.458 e. The Labute approximate surface area is 376 Å². The van der Waals surface area contributed by atoms with Crippen molar-refractivity contribution in [3.05, 3.63) is 47.4 Å². The van der Waals surface area contributed by atoms with Crippen molar-refractivity contribution in [3.8, 4) is 11.3 Å². The highest BCUT2D eigenvalue weighted by Gasteiger charge is 2.60. The summed E-state index contributed by atoms with van der Waals surface area (Å²) >= 11 is 6.38. The Morgan fingerprint density at radius 1 is 1.06 bits per heavy atom. The molecule has 5 aliphatic heterocycles. The molecule has 4 fully saturated rings. The van der Waals surface area contributed by atoms with E-state index in [4.69, 9.17) is 54.8 Å². The molecular formula is C46H65ClN6O10. The van der Waals surface area contributed by atoms with Gasteiger partial charge in [-0.3, -0.25) is 14.7 Å². The number of esters is 1. The summed E-state index contributed by atoms with van der Waals surface area (Å²) in [4.78, 5) is 51.9. The molecule has 7 heterocycles. The van der Waals surface area contributed by atoms with Crippen LogP contribution in [0.15, 0.2) is 46.7 Å². The lowest BCUT2D eigenvalue weighted by atomic mass is 9.72. The van der Waals surface area contributed by atoms with Gasteiger partial charge in [0.15, 0.2) is 18.5 Å². The first-order chi connectivity index (χ1) is 29.9. The number of aromatic nitrogens is 2. The van der Waals surface area contributed by atoms with E-state index in [9.17, 15) is 14.7 Å². The number of ether oxygens (including phenoxy) is 6. The molecule has 14 atom stereocenters. The number of nitrogens with zero attached hydrogens (tertiary/aromatic N) is 6. The number of oxime groups is 1. The van der Waals surface area contributed by atoms with Gasteiger partial charge in [-0.2, -0.15) is 0 Å². The van der Waals surface area contributed by atoms with E-state index in [-0.39, 0.29) is 43.8 Å². The minimum Gasteiger partial charge on any atom is -0.458 e. The number of aliphatic imine (C=N–C) groups is 1. The molecular weight excluding hydrogens is 832 g/mol. The maximum absolute atomic E-state index is 14.6. The number of carbonyl (C=O) groups is 2. The first-order valence-corrected chi connectivity index (χ1v) is 22.7. The Kier molecular flexibility index (Phi) is 14.5. The molecule has 0 saturated carbocycles. The van der Waals surface area contributed by atoms with Crippen molar-refractivity contribution >= 4 is 35.1 Å². The van der Waals surface area contributed by atoms with Gasteiger partial charge in [0.2, 0.25) is 0 Å². The van der Waals surface area contributed by atoms with E-state index in [0.717, 1.165) is 5.71 Å². The van der Waals surface area contributed by atoms with Crippen molar-refractivity contribution in [1.82, 2.24) is 19.8 Å². The van der Waals surface area contributed by atoms with Crippen LogP contribution in [0.2, 0.25) is 5.15 Å². The summed E-state index contributed by atoms with van der Waals surface area (Å²) in [5.41, 5.74) is 1.02. The number of aliphatic hydroxyl groups is 1. The summed E-state index contributed by atoms with van der Waals surface area (Å²) < 4.78 is 39.9. The lowest BCUT2D eigenvalue weighted by molar-refractivity contribution is -0.302. The van der Waals surface area contributed by atoms with Crippen molar-refractivity contribution in [3.63, 3.8) is 0 Å². The number of halogens is 1. The minimum absolute atomic E-state index is 0.0122. The van der Waals surface area contributed by atoms with E-state index in [1.807, 2.05) is 77.9 Å². The van der Waals surface area contributed by atoms with E-state index in [1.54, 1.807) is 24.1 Å². The molecule has 2 aromatic heterocycles. The average molecular weight is 898 g/mol. The quantitative estimate of drug-likeness (QED) is 0.187.